The van der Waals surface area contributed by atoms with Crippen molar-refractivity contribution in [3.63, 3.8) is 0 Å². The first-order valence-corrected chi connectivity index (χ1v) is 9.67. The van der Waals surface area contributed by atoms with E-state index >= 15 is 0 Å². The van der Waals surface area contributed by atoms with Gasteiger partial charge in [0.2, 0.25) is 21.5 Å². The number of diazo groups is 1. The molecule has 2 aromatic rings. The van der Waals surface area contributed by atoms with Crippen molar-refractivity contribution in [1.82, 2.24) is 0 Å². The first-order valence-electron chi connectivity index (χ1n) is 8.30. The summed E-state index contributed by atoms with van der Waals surface area (Å²) in [6.07, 6.45) is 3.96. The molecule has 0 atom stereocenters. The Labute approximate surface area is 183 Å². The number of nitrogens with one attached hydrogen (secondary N) is 1. The van der Waals surface area contributed by atoms with E-state index in [0.717, 1.165) is 35.7 Å². The molecule has 0 saturated carbocycles. The number of hydrogen-bond acceptors (Lipinski definition) is 8. The van der Waals surface area contributed by atoms with Crippen LogP contribution in [0.2, 0.25) is 0 Å². The van der Waals surface area contributed by atoms with Crippen LogP contribution in [0.15, 0.2) is 72.8 Å². The highest BCUT2D eigenvalue weighted by molar-refractivity contribution is 7.79. The zero-order valence-corrected chi connectivity index (χ0v) is 17.3. The van der Waals surface area contributed by atoms with Crippen LogP contribution in [-0.2, 0) is 20.0 Å². The Morgan fingerprint density at radius 3 is 1.94 bits per heavy atom. The van der Waals surface area contributed by atoms with E-state index < -0.39 is 22.3 Å². The third kappa shape index (κ3) is 15.6. The van der Waals surface area contributed by atoms with E-state index in [1.807, 2.05) is 36.4 Å². The Hall–Kier alpha value is -4.25. The standard InChI is InChI=1S/C13H12N3O.C6H6O4.H2O4S/c1-17-13-9-11(7-8-12(13)16-14)15-10-5-3-2-4-6-10;7-5(8)3-1-2-4-6(9)10;1-5(2,3)4/h2-9,15H,1H3;1-4H,(H,7,8)(H,9,10);(H2,1,2,3,4)/q+1;;/p-1. The van der Waals surface area contributed by atoms with Crippen molar-refractivity contribution >= 4 is 39.4 Å². The minimum atomic E-state index is -4.92. The van der Waals surface area contributed by atoms with Gasteiger partial charge >= 0.3 is 17.6 Å². The zero-order chi connectivity index (χ0) is 24.6. The van der Waals surface area contributed by atoms with Crippen molar-refractivity contribution < 1.29 is 42.1 Å². The molecular weight excluding hydrogens is 446 g/mol. The normalized spacial score (nSPS) is 10.2. The molecule has 0 aromatic heterocycles. The van der Waals surface area contributed by atoms with E-state index in [1.165, 1.54) is 7.11 Å². The summed E-state index contributed by atoms with van der Waals surface area (Å²) in [6, 6.07) is 15.1. The van der Waals surface area contributed by atoms with E-state index in [1.54, 1.807) is 12.1 Å². The van der Waals surface area contributed by atoms with Gasteiger partial charge in [-0.15, -0.1) is 0 Å². The molecule has 0 aliphatic rings. The number of carboxylic acid groups (broad SMARTS) is 2. The van der Waals surface area contributed by atoms with Crippen LogP contribution in [0.4, 0.5) is 17.1 Å². The number of carboxylic acids is 2. The molecule has 0 heterocycles. The Bertz CT molecular complexity index is 1060. The fourth-order valence-electron chi connectivity index (χ4n) is 1.80. The van der Waals surface area contributed by atoms with Gasteiger partial charge in [-0.3, -0.25) is 4.55 Å². The van der Waals surface area contributed by atoms with Gasteiger partial charge < -0.3 is 24.8 Å². The fourth-order valence-corrected chi connectivity index (χ4v) is 1.80. The van der Waals surface area contributed by atoms with Crippen LogP contribution in [0.1, 0.15) is 0 Å². The van der Waals surface area contributed by atoms with Gasteiger partial charge in [0.05, 0.1) is 7.11 Å². The van der Waals surface area contributed by atoms with Crippen molar-refractivity contribution in [3.05, 3.63) is 77.8 Å². The Balaban J connectivity index is 0.000000545. The highest BCUT2D eigenvalue weighted by Gasteiger charge is 2.14. The van der Waals surface area contributed by atoms with Gasteiger partial charge in [0.15, 0.2) is 4.98 Å². The smallest absolute Gasteiger partial charge is 0.426 e. The van der Waals surface area contributed by atoms with Crippen molar-refractivity contribution in [2.24, 2.45) is 0 Å². The minimum absolute atomic E-state index is 0.408. The molecule has 0 fully saturated rings. The summed E-state index contributed by atoms with van der Waals surface area (Å²) < 4.78 is 38.0. The van der Waals surface area contributed by atoms with E-state index in [0.29, 0.717) is 11.4 Å². The van der Waals surface area contributed by atoms with Crippen molar-refractivity contribution in [2.45, 2.75) is 0 Å². The number of rotatable bonds is 6. The van der Waals surface area contributed by atoms with Gasteiger partial charge in [0, 0.05) is 35.7 Å². The number of allylic oxidation sites excluding steroid dienone is 2. The van der Waals surface area contributed by atoms with Gasteiger partial charge in [-0.05, 0) is 18.2 Å². The summed E-state index contributed by atoms with van der Waals surface area (Å²) in [5.74, 6) is -1.68. The van der Waals surface area contributed by atoms with Crippen LogP contribution in [0.3, 0.4) is 0 Å². The molecule has 0 aliphatic heterocycles. The molecule has 32 heavy (non-hydrogen) atoms. The van der Waals surface area contributed by atoms with Crippen LogP contribution in [0, 0.1) is 5.39 Å². The van der Waals surface area contributed by atoms with Crippen LogP contribution >= 0.6 is 0 Å². The van der Waals surface area contributed by atoms with Crippen molar-refractivity contribution in [3.8, 4) is 5.75 Å². The molecule has 0 saturated heterocycles. The highest BCUT2D eigenvalue weighted by Crippen LogP contribution is 2.31. The number of nitrogens with zero attached hydrogens (tertiary/aromatic N) is 2. The molecular formula is C19H19N3O9S. The second-order valence-electron chi connectivity index (χ2n) is 5.30. The van der Waals surface area contributed by atoms with E-state index in [-0.39, 0.29) is 0 Å². The Kier molecular flexibility index (Phi) is 12.7. The molecule has 12 nitrogen and oxygen atoms in total. The number of ether oxygens (including phenoxy) is 1. The maximum atomic E-state index is 9.78. The quantitative estimate of drug-likeness (QED) is 0.160. The second kappa shape index (κ2) is 14.7. The third-order valence-corrected chi connectivity index (χ3v) is 2.94. The van der Waals surface area contributed by atoms with E-state index in [2.05, 4.69) is 10.3 Å². The predicted molar refractivity (Wildman–Crippen MR) is 113 cm³/mol. The van der Waals surface area contributed by atoms with Crippen molar-refractivity contribution in [2.75, 3.05) is 12.4 Å². The van der Waals surface area contributed by atoms with Crippen LogP contribution in [-0.4, -0.2) is 46.8 Å². The molecule has 0 spiro atoms. The number of hydrogen-bond donors (Lipinski definition) is 4. The second-order valence-corrected chi connectivity index (χ2v) is 6.16. The van der Waals surface area contributed by atoms with E-state index in [4.69, 9.17) is 37.9 Å². The molecule has 0 bridgehead atoms. The number of carbonyl (C=O) groups is 2. The number of para-hydroxylation sites is 1. The summed E-state index contributed by atoms with van der Waals surface area (Å²) in [4.78, 5) is 22.7. The number of methoxy groups -OCH3 is 1. The van der Waals surface area contributed by atoms with Crippen molar-refractivity contribution in [1.29, 1.82) is 5.39 Å². The maximum Gasteiger partial charge on any atom is 0.426 e. The molecule has 0 unspecified atom stereocenters. The van der Waals surface area contributed by atoms with Crippen LogP contribution in [0.5, 0.6) is 5.75 Å². The summed E-state index contributed by atoms with van der Waals surface area (Å²) in [7, 11) is -3.38. The third-order valence-electron chi connectivity index (χ3n) is 2.94. The summed E-state index contributed by atoms with van der Waals surface area (Å²) in [6.45, 7) is 0. The SMILES string of the molecule is COc1cc(Nc2ccccc2)ccc1[N+]#N.O=C(O)C=CC=CC(=O)O.O=S(=O)([O-])O. The van der Waals surface area contributed by atoms with Gasteiger partial charge in [-0.25, -0.2) is 18.0 Å². The Morgan fingerprint density at radius 1 is 1.03 bits per heavy atom. The van der Waals surface area contributed by atoms with Crippen LogP contribution in [0.25, 0.3) is 4.98 Å². The summed E-state index contributed by atoms with van der Waals surface area (Å²) >= 11 is 0. The van der Waals surface area contributed by atoms with E-state index in [9.17, 15) is 9.59 Å². The molecule has 0 radical (unpaired) electrons. The lowest BCUT2D eigenvalue weighted by Crippen LogP contribution is -1.91. The molecule has 0 aliphatic carbocycles. The average molecular weight is 465 g/mol. The van der Waals surface area contributed by atoms with Crippen LogP contribution < -0.4 is 10.1 Å². The lowest BCUT2D eigenvalue weighted by molar-refractivity contribution is -0.132. The average Bonchev–Trinajstić information content (AvgIpc) is 2.71. The molecule has 170 valence electrons. The zero-order valence-electron chi connectivity index (χ0n) is 16.5. The summed E-state index contributed by atoms with van der Waals surface area (Å²) in [5, 5.41) is 28.0. The molecule has 2 rings (SSSR count). The fraction of sp³-hybridized carbons (Fsp3) is 0.0526. The first kappa shape index (κ1) is 27.8. The lowest BCUT2D eigenvalue weighted by Gasteiger charge is -2.06. The lowest BCUT2D eigenvalue weighted by atomic mass is 10.2. The first-order chi connectivity index (χ1) is 15.0. The topological polar surface area (TPSA) is 201 Å². The monoisotopic (exact) mass is 465 g/mol. The van der Waals surface area contributed by atoms with Gasteiger partial charge in [-0.2, -0.15) is 0 Å². The molecule has 4 N–H and O–H groups in total. The largest absolute Gasteiger partial charge is 0.726 e. The highest BCUT2D eigenvalue weighted by atomic mass is 32.3. The molecule has 13 heteroatoms. The number of anilines is 2. The van der Waals surface area contributed by atoms with Gasteiger partial charge in [0.25, 0.3) is 0 Å². The molecule has 0 amide bonds. The number of aliphatic carboxylic acids is 2. The number of benzene rings is 2. The predicted octanol–water partition coefficient (Wildman–Crippen LogP) is 3.20. The molecule has 2 aromatic carbocycles. The minimum Gasteiger partial charge on any atom is -0.726 e. The van der Waals surface area contributed by atoms with Gasteiger partial charge in [-0.1, -0.05) is 30.4 Å². The summed E-state index contributed by atoms with van der Waals surface area (Å²) in [5.41, 5.74) is 2.27. The maximum absolute atomic E-state index is 9.78. The Morgan fingerprint density at radius 2 is 1.53 bits per heavy atom. The van der Waals surface area contributed by atoms with Gasteiger partial charge in [0.1, 0.15) is 0 Å².